The molecule has 1 aromatic carbocycles. The van der Waals surface area contributed by atoms with E-state index in [1.54, 1.807) is 6.20 Å². The van der Waals surface area contributed by atoms with E-state index in [1.807, 2.05) is 6.07 Å². The summed E-state index contributed by atoms with van der Waals surface area (Å²) in [7, 11) is 0. The monoisotopic (exact) mass is 321 g/mol. The predicted octanol–water partition coefficient (Wildman–Crippen LogP) is 3.21. The molecule has 0 amide bonds. The second-order valence-electron chi connectivity index (χ2n) is 5.96. The van der Waals surface area contributed by atoms with Gasteiger partial charge in [0.25, 0.3) is 0 Å². The first-order chi connectivity index (χ1) is 11.9. The Balaban J connectivity index is 1.40. The number of hydrogen-bond acceptors (Lipinski definition) is 5. The van der Waals surface area contributed by atoms with Gasteiger partial charge < -0.3 is 9.15 Å². The van der Waals surface area contributed by atoms with Crippen LogP contribution in [0.4, 0.5) is 0 Å². The van der Waals surface area contributed by atoms with Gasteiger partial charge in [-0.25, -0.2) is 9.97 Å². The molecule has 1 aliphatic heterocycles. The summed E-state index contributed by atoms with van der Waals surface area (Å²) in [5.74, 6) is 1.34. The van der Waals surface area contributed by atoms with Crippen LogP contribution in [-0.2, 0) is 26.1 Å². The molecule has 2 aromatic heterocycles. The molecule has 0 aliphatic carbocycles. The van der Waals surface area contributed by atoms with Crippen molar-refractivity contribution in [3.8, 4) is 5.88 Å². The Bertz CT molecular complexity index is 788. The number of aromatic nitrogens is 2. The van der Waals surface area contributed by atoms with Crippen molar-refractivity contribution in [1.29, 1.82) is 0 Å². The fraction of sp³-hybridized carbons (Fsp3) is 0.263. The maximum Gasteiger partial charge on any atom is 0.213 e. The number of fused-ring (bicyclic) bond motifs is 1. The van der Waals surface area contributed by atoms with E-state index < -0.39 is 0 Å². The van der Waals surface area contributed by atoms with Crippen LogP contribution < -0.4 is 4.74 Å². The normalized spacial score (nSPS) is 14.3. The lowest BCUT2D eigenvalue weighted by Crippen LogP contribution is -2.30. The molecule has 0 atom stereocenters. The molecule has 3 aromatic rings. The molecular formula is C19H19N3O2. The van der Waals surface area contributed by atoms with Gasteiger partial charge in [0, 0.05) is 32.1 Å². The predicted molar refractivity (Wildman–Crippen MR) is 89.3 cm³/mol. The number of hydrogen-bond donors (Lipinski definition) is 0. The van der Waals surface area contributed by atoms with Crippen LogP contribution >= 0.6 is 0 Å². The largest absolute Gasteiger partial charge is 0.469 e. The third kappa shape index (κ3) is 3.46. The van der Waals surface area contributed by atoms with Gasteiger partial charge in [0.1, 0.15) is 6.61 Å². The third-order valence-corrected chi connectivity index (χ3v) is 4.20. The zero-order chi connectivity index (χ0) is 16.2. The summed E-state index contributed by atoms with van der Waals surface area (Å²) in [6, 6.07) is 14.6. The van der Waals surface area contributed by atoms with E-state index in [2.05, 4.69) is 51.3 Å². The lowest BCUT2D eigenvalue weighted by molar-refractivity contribution is 0.237. The van der Waals surface area contributed by atoms with Crippen molar-refractivity contribution < 1.29 is 9.15 Å². The van der Waals surface area contributed by atoms with Crippen LogP contribution in [0.1, 0.15) is 22.6 Å². The molecule has 4 rings (SSSR count). The Morgan fingerprint density at radius 2 is 2.04 bits per heavy atom. The molecule has 0 saturated carbocycles. The van der Waals surface area contributed by atoms with E-state index in [0.29, 0.717) is 18.2 Å². The van der Waals surface area contributed by atoms with Crippen LogP contribution in [0, 0.1) is 0 Å². The zero-order valence-corrected chi connectivity index (χ0v) is 13.4. The Labute approximate surface area is 140 Å². The summed E-state index contributed by atoms with van der Waals surface area (Å²) >= 11 is 0. The molecule has 0 radical (unpaired) electrons. The Morgan fingerprint density at radius 3 is 2.88 bits per heavy atom. The molecule has 0 saturated heterocycles. The highest BCUT2D eigenvalue weighted by molar-refractivity contribution is 5.28. The Morgan fingerprint density at radius 1 is 1.12 bits per heavy atom. The second-order valence-corrected chi connectivity index (χ2v) is 5.96. The zero-order valence-electron chi connectivity index (χ0n) is 13.4. The standard InChI is InChI=1S/C19H19N3O2/c1-2-4-15(5-3-1)11-22-9-8-18-16(12-22)6-7-19(21-18)23-13-17-10-20-14-24-17/h1-7,10,14H,8-9,11-13H2. The maximum atomic E-state index is 5.68. The summed E-state index contributed by atoms with van der Waals surface area (Å²) in [5.41, 5.74) is 3.76. The van der Waals surface area contributed by atoms with Gasteiger partial charge in [0.15, 0.2) is 12.2 Å². The van der Waals surface area contributed by atoms with Gasteiger partial charge in [-0.1, -0.05) is 36.4 Å². The molecule has 3 heterocycles. The highest BCUT2D eigenvalue weighted by Gasteiger charge is 2.18. The summed E-state index contributed by atoms with van der Waals surface area (Å²) in [6.07, 6.45) is 4.00. The summed E-state index contributed by atoms with van der Waals surface area (Å²) in [5, 5.41) is 0. The molecule has 0 unspecified atom stereocenters. The Kier molecular flexibility index (Phi) is 4.25. The van der Waals surface area contributed by atoms with Crippen molar-refractivity contribution in [2.24, 2.45) is 0 Å². The molecule has 5 nitrogen and oxygen atoms in total. The molecule has 24 heavy (non-hydrogen) atoms. The first kappa shape index (κ1) is 14.9. The fourth-order valence-corrected chi connectivity index (χ4v) is 2.97. The molecule has 0 spiro atoms. The van der Waals surface area contributed by atoms with Gasteiger partial charge in [-0.2, -0.15) is 0 Å². The minimum Gasteiger partial charge on any atom is -0.469 e. The molecule has 0 bridgehead atoms. The lowest BCUT2D eigenvalue weighted by atomic mass is 10.0. The van der Waals surface area contributed by atoms with Crippen molar-refractivity contribution in [1.82, 2.24) is 14.9 Å². The number of oxazole rings is 1. The van der Waals surface area contributed by atoms with Gasteiger partial charge in [0.05, 0.1) is 11.9 Å². The van der Waals surface area contributed by atoms with Crippen molar-refractivity contribution in [2.45, 2.75) is 26.1 Å². The first-order valence-electron chi connectivity index (χ1n) is 8.12. The highest BCUT2D eigenvalue weighted by atomic mass is 16.5. The third-order valence-electron chi connectivity index (χ3n) is 4.20. The van der Waals surface area contributed by atoms with Crippen molar-refractivity contribution in [3.05, 3.63) is 77.6 Å². The van der Waals surface area contributed by atoms with Gasteiger partial charge in [0.2, 0.25) is 5.88 Å². The Hall–Kier alpha value is -2.66. The topological polar surface area (TPSA) is 51.4 Å². The van der Waals surface area contributed by atoms with Crippen LogP contribution in [-0.4, -0.2) is 21.4 Å². The van der Waals surface area contributed by atoms with Crippen LogP contribution in [0.5, 0.6) is 5.88 Å². The van der Waals surface area contributed by atoms with Gasteiger partial charge in [-0.15, -0.1) is 0 Å². The fourth-order valence-electron chi connectivity index (χ4n) is 2.97. The van der Waals surface area contributed by atoms with Crippen LogP contribution in [0.3, 0.4) is 0 Å². The van der Waals surface area contributed by atoms with E-state index >= 15 is 0 Å². The molecule has 5 heteroatoms. The van der Waals surface area contributed by atoms with Crippen molar-refractivity contribution in [2.75, 3.05) is 6.54 Å². The van der Waals surface area contributed by atoms with Gasteiger partial charge >= 0.3 is 0 Å². The number of benzene rings is 1. The average molecular weight is 321 g/mol. The molecular weight excluding hydrogens is 302 g/mol. The minimum absolute atomic E-state index is 0.353. The quantitative estimate of drug-likeness (QED) is 0.722. The number of rotatable bonds is 5. The number of pyridine rings is 1. The van der Waals surface area contributed by atoms with E-state index in [4.69, 9.17) is 9.15 Å². The van der Waals surface area contributed by atoms with Crippen molar-refractivity contribution in [3.63, 3.8) is 0 Å². The van der Waals surface area contributed by atoms with Gasteiger partial charge in [-0.05, 0) is 11.1 Å². The van der Waals surface area contributed by atoms with E-state index in [-0.39, 0.29) is 0 Å². The molecule has 122 valence electrons. The summed E-state index contributed by atoms with van der Waals surface area (Å²) < 4.78 is 10.8. The first-order valence-corrected chi connectivity index (χ1v) is 8.12. The van der Waals surface area contributed by atoms with E-state index in [1.165, 1.54) is 17.5 Å². The van der Waals surface area contributed by atoms with E-state index in [0.717, 1.165) is 31.7 Å². The SMILES string of the molecule is c1ccc(CN2CCc3nc(OCc4cnco4)ccc3C2)cc1. The molecule has 1 aliphatic rings. The number of ether oxygens (including phenoxy) is 1. The summed E-state index contributed by atoms with van der Waals surface area (Å²) in [6.45, 7) is 3.27. The average Bonchev–Trinajstić information content (AvgIpc) is 3.14. The lowest BCUT2D eigenvalue weighted by Gasteiger charge is -2.28. The highest BCUT2D eigenvalue weighted by Crippen LogP contribution is 2.22. The van der Waals surface area contributed by atoms with Crippen LogP contribution in [0.25, 0.3) is 0 Å². The van der Waals surface area contributed by atoms with Crippen molar-refractivity contribution >= 4 is 0 Å². The minimum atomic E-state index is 0.353. The summed E-state index contributed by atoms with van der Waals surface area (Å²) in [4.78, 5) is 11.0. The second kappa shape index (κ2) is 6.84. The number of nitrogens with zero attached hydrogens (tertiary/aromatic N) is 3. The molecule has 0 fully saturated rings. The van der Waals surface area contributed by atoms with E-state index in [9.17, 15) is 0 Å². The smallest absolute Gasteiger partial charge is 0.213 e. The molecule has 0 N–H and O–H groups in total. The maximum absolute atomic E-state index is 5.68. The van der Waals surface area contributed by atoms with Crippen LogP contribution in [0.15, 0.2) is 59.5 Å². The van der Waals surface area contributed by atoms with Gasteiger partial charge in [-0.3, -0.25) is 4.90 Å². The van der Waals surface area contributed by atoms with Crippen LogP contribution in [0.2, 0.25) is 0 Å².